The van der Waals surface area contributed by atoms with Gasteiger partial charge in [0.25, 0.3) is 0 Å². The second kappa shape index (κ2) is 6.52. The number of anilines is 2. The Morgan fingerprint density at radius 1 is 1.20 bits per heavy atom. The molecule has 0 aliphatic carbocycles. The van der Waals surface area contributed by atoms with Gasteiger partial charge in [0.1, 0.15) is 5.82 Å². The van der Waals surface area contributed by atoms with Crippen molar-refractivity contribution in [3.63, 3.8) is 0 Å². The van der Waals surface area contributed by atoms with Crippen LogP contribution < -0.4 is 10.6 Å². The Morgan fingerprint density at radius 3 is 2.70 bits per heavy atom. The highest BCUT2D eigenvalue weighted by atomic mass is 79.9. The summed E-state index contributed by atoms with van der Waals surface area (Å²) in [5.41, 5.74) is 2.39. The van der Waals surface area contributed by atoms with E-state index in [-0.39, 0.29) is 18.3 Å². The normalized spacial score (nSPS) is 10.2. The summed E-state index contributed by atoms with van der Waals surface area (Å²) in [4.78, 5) is 11.8. The fourth-order valence-electron chi connectivity index (χ4n) is 1.79. The zero-order valence-electron chi connectivity index (χ0n) is 10.9. The molecule has 2 aromatic carbocycles. The summed E-state index contributed by atoms with van der Waals surface area (Å²) in [6, 6.07) is 11.6. The molecule has 1 amide bonds. The lowest BCUT2D eigenvalue weighted by Gasteiger charge is -2.09. The van der Waals surface area contributed by atoms with Gasteiger partial charge >= 0.3 is 0 Å². The van der Waals surface area contributed by atoms with Gasteiger partial charge in [-0.1, -0.05) is 22.0 Å². The van der Waals surface area contributed by atoms with E-state index in [1.165, 1.54) is 12.1 Å². The molecule has 0 bridgehead atoms. The van der Waals surface area contributed by atoms with E-state index in [1.54, 1.807) is 12.1 Å². The summed E-state index contributed by atoms with van der Waals surface area (Å²) in [7, 11) is 0. The molecule has 0 aliphatic rings. The van der Waals surface area contributed by atoms with E-state index >= 15 is 0 Å². The molecule has 5 heteroatoms. The summed E-state index contributed by atoms with van der Waals surface area (Å²) < 4.78 is 13.9. The maximum atomic E-state index is 13.0. The average molecular weight is 337 g/mol. The molecule has 2 rings (SSSR count). The molecule has 0 aromatic heterocycles. The molecule has 20 heavy (non-hydrogen) atoms. The number of carbonyl (C=O) groups excluding carboxylic acids is 1. The van der Waals surface area contributed by atoms with Gasteiger partial charge in [0.05, 0.1) is 6.54 Å². The molecular formula is C15H14BrFN2O. The van der Waals surface area contributed by atoms with Gasteiger partial charge in [-0.25, -0.2) is 4.39 Å². The zero-order valence-corrected chi connectivity index (χ0v) is 12.5. The number of hydrogen-bond acceptors (Lipinski definition) is 2. The molecule has 0 spiro atoms. The lowest BCUT2D eigenvalue weighted by Crippen LogP contribution is -2.21. The third-order valence-corrected chi connectivity index (χ3v) is 3.06. The molecule has 0 fully saturated rings. The highest BCUT2D eigenvalue weighted by Gasteiger charge is 2.04. The summed E-state index contributed by atoms with van der Waals surface area (Å²) >= 11 is 3.40. The minimum Gasteiger partial charge on any atom is -0.376 e. The van der Waals surface area contributed by atoms with Gasteiger partial charge in [-0.05, 0) is 48.9 Å². The van der Waals surface area contributed by atoms with E-state index < -0.39 is 0 Å². The number of hydrogen-bond donors (Lipinski definition) is 2. The summed E-state index contributed by atoms with van der Waals surface area (Å²) in [5.74, 6) is -0.605. The number of carbonyl (C=O) groups is 1. The standard InChI is InChI=1S/C15H14BrFN2O/c1-10-5-11(16)7-14(6-10)18-9-15(20)19-13-4-2-3-12(17)8-13/h2-8,18H,9H2,1H3,(H,19,20). The lowest BCUT2D eigenvalue weighted by molar-refractivity contribution is -0.114. The Hall–Kier alpha value is -1.88. The van der Waals surface area contributed by atoms with Crippen molar-refractivity contribution < 1.29 is 9.18 Å². The first-order valence-electron chi connectivity index (χ1n) is 6.09. The molecule has 0 saturated heterocycles. The maximum absolute atomic E-state index is 13.0. The summed E-state index contributed by atoms with van der Waals surface area (Å²) in [6.45, 7) is 2.09. The predicted octanol–water partition coefficient (Wildman–Crippen LogP) is 3.95. The first-order valence-corrected chi connectivity index (χ1v) is 6.89. The van der Waals surface area contributed by atoms with Crippen LogP contribution in [0.4, 0.5) is 15.8 Å². The van der Waals surface area contributed by atoms with Crippen molar-refractivity contribution in [2.45, 2.75) is 6.92 Å². The second-order valence-corrected chi connectivity index (χ2v) is 5.35. The molecule has 104 valence electrons. The largest absolute Gasteiger partial charge is 0.376 e. The number of nitrogens with one attached hydrogen (secondary N) is 2. The van der Waals surface area contributed by atoms with Gasteiger partial charge in [0.2, 0.25) is 5.91 Å². The van der Waals surface area contributed by atoms with Crippen LogP contribution in [0.25, 0.3) is 0 Å². The van der Waals surface area contributed by atoms with Crippen LogP contribution in [0.15, 0.2) is 46.9 Å². The van der Waals surface area contributed by atoms with E-state index in [0.717, 1.165) is 15.7 Å². The Morgan fingerprint density at radius 2 is 2.00 bits per heavy atom. The maximum Gasteiger partial charge on any atom is 0.243 e. The smallest absolute Gasteiger partial charge is 0.243 e. The first kappa shape index (κ1) is 14.5. The van der Waals surface area contributed by atoms with Crippen LogP contribution in [0, 0.1) is 12.7 Å². The molecule has 0 aliphatic heterocycles. The molecule has 0 unspecified atom stereocenters. The Labute approximate surface area is 125 Å². The lowest BCUT2D eigenvalue weighted by atomic mass is 10.2. The molecule has 3 nitrogen and oxygen atoms in total. The van der Waals surface area contributed by atoms with Crippen molar-refractivity contribution in [3.05, 3.63) is 58.3 Å². The highest BCUT2D eigenvalue weighted by molar-refractivity contribution is 9.10. The number of aryl methyl sites for hydroxylation is 1. The molecule has 0 saturated carbocycles. The number of halogens is 2. The third-order valence-electron chi connectivity index (χ3n) is 2.60. The van der Waals surface area contributed by atoms with E-state index in [9.17, 15) is 9.18 Å². The molecule has 2 N–H and O–H groups in total. The SMILES string of the molecule is Cc1cc(Br)cc(NCC(=O)Nc2cccc(F)c2)c1. The average Bonchev–Trinajstić information content (AvgIpc) is 2.35. The van der Waals surface area contributed by atoms with Crippen molar-refractivity contribution in [1.29, 1.82) is 0 Å². The topological polar surface area (TPSA) is 41.1 Å². The van der Waals surface area contributed by atoms with Gasteiger partial charge < -0.3 is 10.6 Å². The minimum absolute atomic E-state index is 0.117. The Bertz CT molecular complexity index is 611. The van der Waals surface area contributed by atoms with Crippen LogP contribution in [-0.4, -0.2) is 12.5 Å². The summed E-state index contributed by atoms with van der Waals surface area (Å²) in [5, 5.41) is 5.65. The van der Waals surface area contributed by atoms with E-state index in [4.69, 9.17) is 0 Å². The number of amides is 1. The van der Waals surface area contributed by atoms with E-state index in [0.29, 0.717) is 5.69 Å². The van der Waals surface area contributed by atoms with Gasteiger partial charge in [-0.15, -0.1) is 0 Å². The van der Waals surface area contributed by atoms with Crippen molar-refractivity contribution in [3.8, 4) is 0 Å². The zero-order chi connectivity index (χ0) is 14.5. The molecular weight excluding hydrogens is 323 g/mol. The molecule has 0 atom stereocenters. The Balaban J connectivity index is 1.92. The van der Waals surface area contributed by atoms with E-state index in [1.807, 2.05) is 25.1 Å². The first-order chi connectivity index (χ1) is 9.52. The fraction of sp³-hybridized carbons (Fsp3) is 0.133. The molecule has 0 radical (unpaired) electrons. The van der Waals surface area contributed by atoms with Crippen molar-refractivity contribution in [2.75, 3.05) is 17.2 Å². The van der Waals surface area contributed by atoms with Gasteiger partial charge in [-0.3, -0.25) is 4.79 Å². The fourth-order valence-corrected chi connectivity index (χ4v) is 2.40. The molecule has 0 heterocycles. The number of benzene rings is 2. The quantitative estimate of drug-likeness (QED) is 0.887. The number of rotatable bonds is 4. The van der Waals surface area contributed by atoms with Crippen LogP contribution >= 0.6 is 15.9 Å². The van der Waals surface area contributed by atoms with Crippen molar-refractivity contribution in [1.82, 2.24) is 0 Å². The van der Waals surface area contributed by atoms with Crippen molar-refractivity contribution in [2.24, 2.45) is 0 Å². The van der Waals surface area contributed by atoms with E-state index in [2.05, 4.69) is 26.6 Å². The molecule has 2 aromatic rings. The van der Waals surface area contributed by atoms with Crippen LogP contribution in [-0.2, 0) is 4.79 Å². The van der Waals surface area contributed by atoms with Crippen molar-refractivity contribution >= 4 is 33.2 Å². The highest BCUT2D eigenvalue weighted by Crippen LogP contribution is 2.18. The van der Waals surface area contributed by atoms with Crippen LogP contribution in [0.5, 0.6) is 0 Å². The monoisotopic (exact) mass is 336 g/mol. The van der Waals surface area contributed by atoms with Crippen LogP contribution in [0.1, 0.15) is 5.56 Å². The van der Waals surface area contributed by atoms with Gasteiger partial charge in [-0.2, -0.15) is 0 Å². The minimum atomic E-state index is -0.377. The summed E-state index contributed by atoms with van der Waals surface area (Å²) in [6.07, 6.45) is 0. The predicted molar refractivity (Wildman–Crippen MR) is 82.4 cm³/mol. The van der Waals surface area contributed by atoms with Gasteiger partial charge in [0, 0.05) is 15.8 Å². The second-order valence-electron chi connectivity index (χ2n) is 4.43. The van der Waals surface area contributed by atoms with Gasteiger partial charge in [0.15, 0.2) is 0 Å². The Kier molecular flexibility index (Phi) is 4.74. The van der Waals surface area contributed by atoms with Crippen LogP contribution in [0.2, 0.25) is 0 Å². The van der Waals surface area contributed by atoms with Crippen LogP contribution in [0.3, 0.4) is 0 Å². The third kappa shape index (κ3) is 4.35.